The molecule has 1 aliphatic heterocycles. The van der Waals surface area contributed by atoms with Crippen molar-refractivity contribution in [1.82, 2.24) is 5.32 Å². The van der Waals surface area contributed by atoms with Crippen molar-refractivity contribution < 1.29 is 4.74 Å². The van der Waals surface area contributed by atoms with Crippen molar-refractivity contribution in [2.45, 2.75) is 25.4 Å². The largest absolute Gasteiger partial charge is 0.488 e. The van der Waals surface area contributed by atoms with Gasteiger partial charge in [-0.25, -0.2) is 0 Å². The first-order chi connectivity index (χ1) is 7.90. The lowest BCUT2D eigenvalue weighted by Gasteiger charge is -2.11. The minimum atomic E-state index is 0.307. The van der Waals surface area contributed by atoms with Crippen LogP contribution in [0.3, 0.4) is 0 Å². The summed E-state index contributed by atoms with van der Waals surface area (Å²) in [5.41, 5.74) is 1.33. The molecule has 1 aromatic rings. The number of allylic oxidation sites excluding steroid dienone is 1. The van der Waals surface area contributed by atoms with Crippen molar-refractivity contribution in [2.75, 3.05) is 13.1 Å². The average Bonchev–Trinajstić information content (AvgIpc) is 2.71. The smallest absolute Gasteiger partial charge is 0.123 e. The number of para-hydroxylation sites is 1. The maximum absolute atomic E-state index is 5.83. The highest BCUT2D eigenvalue weighted by Crippen LogP contribution is 2.27. The Kier molecular flexibility index (Phi) is 4.00. The molecule has 0 spiro atoms. The second-order valence-electron chi connectivity index (χ2n) is 4.19. The van der Waals surface area contributed by atoms with Gasteiger partial charge in [0.1, 0.15) is 11.9 Å². The highest BCUT2D eigenvalue weighted by atomic mass is 16.5. The third-order valence-electron chi connectivity index (χ3n) is 2.85. The van der Waals surface area contributed by atoms with Crippen molar-refractivity contribution in [3.8, 4) is 5.75 Å². The normalized spacial score (nSPS) is 17.9. The fourth-order valence-electron chi connectivity index (χ4n) is 2.00. The van der Waals surface area contributed by atoms with E-state index in [2.05, 4.69) is 24.0 Å². The van der Waals surface area contributed by atoms with Crippen molar-refractivity contribution in [2.24, 2.45) is 0 Å². The lowest BCUT2D eigenvalue weighted by Crippen LogP contribution is -2.30. The van der Waals surface area contributed by atoms with Gasteiger partial charge in [0.25, 0.3) is 0 Å². The molecule has 0 amide bonds. The Balaban J connectivity index is 1.69. The van der Waals surface area contributed by atoms with E-state index in [1.54, 1.807) is 0 Å². The standard InChI is InChI=1S/C14H19NO/c1-2-3-6-9-15-11-13-10-12-7-4-5-8-14(12)16-13/h2,4-5,7-8,13,15H,1,3,6,9-11H2. The number of nitrogens with one attached hydrogen (secondary N) is 1. The first-order valence-corrected chi connectivity index (χ1v) is 5.96. The van der Waals surface area contributed by atoms with Gasteiger partial charge in [0, 0.05) is 13.0 Å². The first-order valence-electron chi connectivity index (χ1n) is 5.96. The van der Waals surface area contributed by atoms with E-state index in [1.807, 2.05) is 18.2 Å². The average molecular weight is 217 g/mol. The molecule has 2 nitrogen and oxygen atoms in total. The second-order valence-corrected chi connectivity index (χ2v) is 4.19. The van der Waals surface area contributed by atoms with Gasteiger partial charge in [0.15, 0.2) is 0 Å². The number of unbranched alkanes of at least 4 members (excludes halogenated alkanes) is 1. The van der Waals surface area contributed by atoms with Crippen LogP contribution in [0.15, 0.2) is 36.9 Å². The number of rotatable bonds is 6. The fourth-order valence-corrected chi connectivity index (χ4v) is 2.00. The molecule has 0 aromatic heterocycles. The molecule has 0 fully saturated rings. The Bertz CT molecular complexity index is 323. The van der Waals surface area contributed by atoms with Crippen LogP contribution in [0.4, 0.5) is 0 Å². The Hall–Kier alpha value is -1.28. The Morgan fingerprint density at radius 3 is 3.12 bits per heavy atom. The summed E-state index contributed by atoms with van der Waals surface area (Å²) in [4.78, 5) is 0. The van der Waals surface area contributed by atoms with Gasteiger partial charge in [0.2, 0.25) is 0 Å². The van der Waals surface area contributed by atoms with Gasteiger partial charge in [-0.05, 0) is 31.0 Å². The Labute approximate surface area is 97.3 Å². The number of benzene rings is 1. The molecule has 16 heavy (non-hydrogen) atoms. The number of hydrogen-bond acceptors (Lipinski definition) is 2. The third-order valence-corrected chi connectivity index (χ3v) is 2.85. The van der Waals surface area contributed by atoms with E-state index < -0.39 is 0 Å². The van der Waals surface area contributed by atoms with Crippen molar-refractivity contribution in [3.63, 3.8) is 0 Å². The summed E-state index contributed by atoms with van der Waals surface area (Å²) in [6.07, 6.45) is 5.54. The van der Waals surface area contributed by atoms with Crippen LogP contribution >= 0.6 is 0 Å². The summed E-state index contributed by atoms with van der Waals surface area (Å²) < 4.78 is 5.83. The minimum Gasteiger partial charge on any atom is -0.488 e. The van der Waals surface area contributed by atoms with E-state index in [4.69, 9.17) is 4.74 Å². The Morgan fingerprint density at radius 1 is 1.44 bits per heavy atom. The molecular weight excluding hydrogens is 198 g/mol. The van der Waals surface area contributed by atoms with Crippen LogP contribution in [-0.2, 0) is 6.42 Å². The van der Waals surface area contributed by atoms with Crippen LogP contribution in [0.25, 0.3) is 0 Å². The van der Waals surface area contributed by atoms with E-state index in [0.717, 1.165) is 38.1 Å². The van der Waals surface area contributed by atoms with E-state index >= 15 is 0 Å². The molecule has 1 heterocycles. The first kappa shape index (κ1) is 11.2. The van der Waals surface area contributed by atoms with E-state index in [1.165, 1.54) is 5.56 Å². The Morgan fingerprint density at radius 2 is 2.31 bits per heavy atom. The molecule has 0 saturated heterocycles. The molecule has 0 saturated carbocycles. The van der Waals surface area contributed by atoms with Gasteiger partial charge in [-0.3, -0.25) is 0 Å². The quantitative estimate of drug-likeness (QED) is 0.584. The van der Waals surface area contributed by atoms with Gasteiger partial charge in [-0.15, -0.1) is 6.58 Å². The highest BCUT2D eigenvalue weighted by molar-refractivity contribution is 5.37. The predicted molar refractivity (Wildman–Crippen MR) is 66.9 cm³/mol. The lowest BCUT2D eigenvalue weighted by atomic mass is 10.1. The van der Waals surface area contributed by atoms with E-state index in [-0.39, 0.29) is 0 Å². The predicted octanol–water partition coefficient (Wildman–Crippen LogP) is 2.55. The lowest BCUT2D eigenvalue weighted by molar-refractivity contribution is 0.228. The molecule has 86 valence electrons. The van der Waals surface area contributed by atoms with Crippen molar-refractivity contribution in [1.29, 1.82) is 0 Å². The van der Waals surface area contributed by atoms with Crippen LogP contribution in [0.5, 0.6) is 5.75 Å². The van der Waals surface area contributed by atoms with Gasteiger partial charge >= 0.3 is 0 Å². The van der Waals surface area contributed by atoms with Crippen LogP contribution in [0, 0.1) is 0 Å². The van der Waals surface area contributed by atoms with Gasteiger partial charge in [-0.1, -0.05) is 24.3 Å². The molecule has 1 aromatic carbocycles. The molecule has 2 rings (SSSR count). The molecule has 2 heteroatoms. The monoisotopic (exact) mass is 217 g/mol. The number of ether oxygens (including phenoxy) is 1. The highest BCUT2D eigenvalue weighted by Gasteiger charge is 2.21. The van der Waals surface area contributed by atoms with Gasteiger partial charge in [0.05, 0.1) is 0 Å². The van der Waals surface area contributed by atoms with E-state index in [9.17, 15) is 0 Å². The van der Waals surface area contributed by atoms with Crippen molar-refractivity contribution in [3.05, 3.63) is 42.5 Å². The summed E-state index contributed by atoms with van der Waals surface area (Å²) in [6, 6.07) is 8.29. The molecule has 1 unspecified atom stereocenters. The van der Waals surface area contributed by atoms with Crippen molar-refractivity contribution >= 4 is 0 Å². The maximum atomic E-state index is 5.83. The molecule has 0 aliphatic carbocycles. The number of fused-ring (bicyclic) bond motifs is 1. The van der Waals surface area contributed by atoms with Crippen LogP contribution in [0.2, 0.25) is 0 Å². The SMILES string of the molecule is C=CCCCNCC1Cc2ccccc2O1. The summed E-state index contributed by atoms with van der Waals surface area (Å²) >= 11 is 0. The summed E-state index contributed by atoms with van der Waals surface area (Å²) in [5.74, 6) is 1.06. The van der Waals surface area contributed by atoms with Gasteiger partial charge in [-0.2, -0.15) is 0 Å². The van der Waals surface area contributed by atoms with Crippen LogP contribution in [0.1, 0.15) is 18.4 Å². The minimum absolute atomic E-state index is 0.307. The zero-order valence-corrected chi connectivity index (χ0v) is 9.61. The number of hydrogen-bond donors (Lipinski definition) is 1. The molecular formula is C14H19NO. The van der Waals surface area contributed by atoms with Crippen LogP contribution in [-0.4, -0.2) is 19.2 Å². The molecule has 0 radical (unpaired) electrons. The van der Waals surface area contributed by atoms with E-state index in [0.29, 0.717) is 6.10 Å². The molecule has 1 atom stereocenters. The summed E-state index contributed by atoms with van der Waals surface area (Å²) in [5, 5.41) is 3.42. The topological polar surface area (TPSA) is 21.3 Å². The zero-order valence-electron chi connectivity index (χ0n) is 9.61. The third kappa shape index (κ3) is 2.86. The fraction of sp³-hybridized carbons (Fsp3) is 0.429. The molecule has 0 bridgehead atoms. The summed E-state index contributed by atoms with van der Waals surface area (Å²) in [7, 11) is 0. The molecule has 1 aliphatic rings. The van der Waals surface area contributed by atoms with Gasteiger partial charge < -0.3 is 10.1 Å². The maximum Gasteiger partial charge on any atom is 0.123 e. The van der Waals surface area contributed by atoms with Crippen LogP contribution < -0.4 is 10.1 Å². The zero-order chi connectivity index (χ0) is 11.2. The molecule has 1 N–H and O–H groups in total. The summed E-state index contributed by atoms with van der Waals surface area (Å²) in [6.45, 7) is 5.69. The second kappa shape index (κ2) is 5.71.